The Balaban J connectivity index is 1.64. The molecule has 1 fully saturated rings. The van der Waals surface area contributed by atoms with Crippen molar-refractivity contribution < 1.29 is 8.42 Å². The van der Waals surface area contributed by atoms with Crippen LogP contribution in [0, 0.1) is 0 Å². The second-order valence-corrected chi connectivity index (χ2v) is 8.08. The second-order valence-electron chi connectivity index (χ2n) is 5.89. The summed E-state index contributed by atoms with van der Waals surface area (Å²) in [6, 6.07) is 8.17. The molecule has 1 unspecified atom stereocenters. The highest BCUT2D eigenvalue weighted by Crippen LogP contribution is 2.23. The van der Waals surface area contributed by atoms with Crippen LogP contribution < -0.4 is 5.32 Å². The van der Waals surface area contributed by atoms with E-state index in [0.29, 0.717) is 13.0 Å². The number of aromatic nitrogens is 2. The first-order valence-corrected chi connectivity index (χ1v) is 8.81. The van der Waals surface area contributed by atoms with Crippen LogP contribution in [0.5, 0.6) is 0 Å². The van der Waals surface area contributed by atoms with Gasteiger partial charge in [0.15, 0.2) is 9.84 Å². The zero-order valence-electron chi connectivity index (χ0n) is 12.0. The fourth-order valence-corrected chi connectivity index (χ4v) is 4.79. The lowest BCUT2D eigenvalue weighted by molar-refractivity contribution is 0.395. The molecule has 1 aromatic carbocycles. The molecule has 2 heterocycles. The maximum atomic E-state index is 11.6. The smallest absolute Gasteiger partial charge is 0.152 e. The van der Waals surface area contributed by atoms with E-state index in [4.69, 9.17) is 0 Å². The van der Waals surface area contributed by atoms with Crippen molar-refractivity contribution in [2.75, 3.05) is 11.5 Å². The molecule has 1 N–H and O–H groups in total. The summed E-state index contributed by atoms with van der Waals surface area (Å²) in [6.45, 7) is 2.66. The summed E-state index contributed by atoms with van der Waals surface area (Å²) in [5.41, 5.74) is 1.90. The van der Waals surface area contributed by atoms with E-state index in [2.05, 4.69) is 22.4 Å². The van der Waals surface area contributed by atoms with E-state index in [1.165, 1.54) is 0 Å². The predicted molar refractivity (Wildman–Crippen MR) is 82.1 cm³/mol. The van der Waals surface area contributed by atoms with Crippen LogP contribution in [0.1, 0.15) is 18.9 Å². The maximum absolute atomic E-state index is 11.6. The Bertz CT molecular complexity index is 708. The average Bonchev–Trinajstić information content (AvgIpc) is 3.06. The van der Waals surface area contributed by atoms with Gasteiger partial charge in [-0.05, 0) is 31.0 Å². The predicted octanol–water partition coefficient (Wildman–Crippen LogP) is 1.54. The Kier molecular flexibility index (Phi) is 3.59. The summed E-state index contributed by atoms with van der Waals surface area (Å²) < 4.78 is 25.1. The molecule has 0 aliphatic carbocycles. The molecule has 0 saturated carbocycles. The number of benzene rings is 1. The normalized spacial score (nSPS) is 24.2. The van der Waals surface area contributed by atoms with Gasteiger partial charge in [-0.2, -0.15) is 0 Å². The fourth-order valence-electron chi connectivity index (χ4n) is 2.66. The van der Waals surface area contributed by atoms with Gasteiger partial charge in [0, 0.05) is 30.2 Å². The van der Waals surface area contributed by atoms with E-state index >= 15 is 0 Å². The molecule has 1 atom stereocenters. The lowest BCUT2D eigenvalue weighted by atomic mass is 10.0. The highest BCUT2D eigenvalue weighted by molar-refractivity contribution is 7.91. The monoisotopic (exact) mass is 305 g/mol. The molecular weight excluding hydrogens is 286 g/mol. The summed E-state index contributed by atoms with van der Waals surface area (Å²) >= 11 is 0. The summed E-state index contributed by atoms with van der Waals surface area (Å²) in [5, 5.41) is 3.39. The van der Waals surface area contributed by atoms with E-state index in [-0.39, 0.29) is 17.0 Å². The molecule has 1 aliphatic heterocycles. The zero-order valence-corrected chi connectivity index (χ0v) is 12.8. The van der Waals surface area contributed by atoms with Gasteiger partial charge in [-0.1, -0.05) is 12.1 Å². The molecule has 21 heavy (non-hydrogen) atoms. The van der Waals surface area contributed by atoms with Crippen molar-refractivity contribution in [2.24, 2.45) is 0 Å². The van der Waals surface area contributed by atoms with Crippen molar-refractivity contribution >= 4 is 9.84 Å². The van der Waals surface area contributed by atoms with Crippen LogP contribution in [0.15, 0.2) is 43.0 Å². The van der Waals surface area contributed by atoms with Crippen molar-refractivity contribution in [3.8, 4) is 5.69 Å². The minimum Gasteiger partial charge on any atom is -0.306 e. The van der Waals surface area contributed by atoms with Crippen molar-refractivity contribution in [3.05, 3.63) is 48.5 Å². The van der Waals surface area contributed by atoms with Crippen LogP contribution in [0.25, 0.3) is 5.69 Å². The summed E-state index contributed by atoms with van der Waals surface area (Å²) in [4.78, 5) is 4.03. The lowest BCUT2D eigenvalue weighted by Gasteiger charge is -2.24. The van der Waals surface area contributed by atoms with Gasteiger partial charge >= 0.3 is 0 Å². The van der Waals surface area contributed by atoms with E-state index in [1.54, 1.807) is 12.5 Å². The molecule has 3 rings (SSSR count). The fraction of sp³-hybridized carbons (Fsp3) is 0.400. The third-order valence-corrected chi connectivity index (χ3v) is 5.86. The van der Waals surface area contributed by atoms with Gasteiger partial charge in [0.1, 0.15) is 0 Å². The molecule has 5 nitrogen and oxygen atoms in total. The summed E-state index contributed by atoms with van der Waals surface area (Å²) in [6.07, 6.45) is 6.09. The molecule has 1 aromatic heterocycles. The van der Waals surface area contributed by atoms with Crippen molar-refractivity contribution in [2.45, 2.75) is 25.4 Å². The molecule has 112 valence electrons. The molecule has 1 saturated heterocycles. The number of sulfone groups is 1. The zero-order chi connectivity index (χ0) is 14.9. The number of hydrogen-bond donors (Lipinski definition) is 1. The first-order chi connectivity index (χ1) is 9.96. The first-order valence-electron chi connectivity index (χ1n) is 6.99. The van der Waals surface area contributed by atoms with E-state index in [1.807, 2.05) is 29.8 Å². The van der Waals surface area contributed by atoms with E-state index in [9.17, 15) is 8.42 Å². The summed E-state index contributed by atoms with van der Waals surface area (Å²) in [5.74, 6) is 0.517. The molecule has 2 aromatic rings. The minimum atomic E-state index is -2.87. The molecule has 0 spiro atoms. The van der Waals surface area contributed by atoms with Gasteiger partial charge in [-0.25, -0.2) is 13.4 Å². The molecule has 0 amide bonds. The molecule has 0 bridgehead atoms. The summed E-state index contributed by atoms with van der Waals surface area (Å²) in [7, 11) is -2.87. The quantitative estimate of drug-likeness (QED) is 0.930. The van der Waals surface area contributed by atoms with Gasteiger partial charge in [-0.3, -0.25) is 0 Å². The standard InChI is InChI=1S/C15H19N3O2S/c1-15(6-9-21(19,20)11-15)17-10-13-2-4-14(5-3-13)18-8-7-16-12-18/h2-5,7-8,12,17H,6,9-11H2,1H3. The number of imidazole rings is 1. The van der Waals surface area contributed by atoms with Crippen LogP contribution >= 0.6 is 0 Å². The van der Waals surface area contributed by atoms with Gasteiger partial charge < -0.3 is 9.88 Å². The number of nitrogens with zero attached hydrogens (tertiary/aromatic N) is 2. The lowest BCUT2D eigenvalue weighted by Crippen LogP contribution is -2.42. The molecule has 0 radical (unpaired) electrons. The average molecular weight is 305 g/mol. The third-order valence-electron chi connectivity index (χ3n) is 3.96. The van der Waals surface area contributed by atoms with Gasteiger partial charge in [0.2, 0.25) is 0 Å². The van der Waals surface area contributed by atoms with Gasteiger partial charge in [0.25, 0.3) is 0 Å². The number of nitrogens with one attached hydrogen (secondary N) is 1. The first kappa shape index (κ1) is 14.3. The molecule has 1 aliphatic rings. The highest BCUT2D eigenvalue weighted by atomic mass is 32.2. The van der Waals surface area contributed by atoms with Crippen LogP contribution in [-0.4, -0.2) is 35.0 Å². The molecular formula is C15H19N3O2S. The SMILES string of the molecule is CC1(NCc2ccc(-n3ccnc3)cc2)CCS(=O)(=O)C1. The van der Waals surface area contributed by atoms with Gasteiger partial charge in [0.05, 0.1) is 17.8 Å². The van der Waals surface area contributed by atoms with Crippen LogP contribution in [0.2, 0.25) is 0 Å². The Hall–Kier alpha value is -1.66. The Labute approximate surface area is 124 Å². The Morgan fingerprint density at radius 2 is 2.10 bits per heavy atom. The number of rotatable bonds is 4. The highest BCUT2D eigenvalue weighted by Gasteiger charge is 2.37. The minimum absolute atomic E-state index is 0.229. The largest absolute Gasteiger partial charge is 0.306 e. The van der Waals surface area contributed by atoms with E-state index < -0.39 is 9.84 Å². The Morgan fingerprint density at radius 1 is 1.33 bits per heavy atom. The third kappa shape index (κ3) is 3.33. The van der Waals surface area contributed by atoms with Crippen molar-refractivity contribution in [3.63, 3.8) is 0 Å². The second kappa shape index (κ2) is 5.27. The Morgan fingerprint density at radius 3 is 2.67 bits per heavy atom. The maximum Gasteiger partial charge on any atom is 0.152 e. The number of hydrogen-bond acceptors (Lipinski definition) is 4. The van der Waals surface area contributed by atoms with Crippen LogP contribution in [-0.2, 0) is 16.4 Å². The van der Waals surface area contributed by atoms with Crippen LogP contribution in [0.3, 0.4) is 0 Å². The van der Waals surface area contributed by atoms with Crippen molar-refractivity contribution in [1.82, 2.24) is 14.9 Å². The van der Waals surface area contributed by atoms with Crippen molar-refractivity contribution in [1.29, 1.82) is 0 Å². The topological polar surface area (TPSA) is 64.0 Å². The van der Waals surface area contributed by atoms with E-state index in [0.717, 1.165) is 11.3 Å². The van der Waals surface area contributed by atoms with Gasteiger partial charge in [-0.15, -0.1) is 0 Å². The van der Waals surface area contributed by atoms with Crippen LogP contribution in [0.4, 0.5) is 0 Å². The molecule has 6 heteroatoms.